The van der Waals surface area contributed by atoms with Crippen LogP contribution in [-0.4, -0.2) is 50.0 Å². The highest BCUT2D eigenvalue weighted by molar-refractivity contribution is 7.92. The number of nitrogens with zero attached hydrogens (tertiary/aromatic N) is 2. The van der Waals surface area contributed by atoms with Gasteiger partial charge < -0.3 is 10.2 Å². The zero-order valence-electron chi connectivity index (χ0n) is 18.9. The fraction of sp³-hybridized carbons (Fsp3) is 0.417. The third kappa shape index (κ3) is 6.77. The van der Waals surface area contributed by atoms with Gasteiger partial charge in [0, 0.05) is 12.6 Å². The van der Waals surface area contributed by atoms with Crippen molar-refractivity contribution in [3.63, 3.8) is 0 Å². The number of hydrogen-bond acceptors (Lipinski definition) is 4. The number of rotatable bonds is 9. The first-order chi connectivity index (χ1) is 15.6. The van der Waals surface area contributed by atoms with Crippen LogP contribution in [-0.2, 0) is 26.2 Å². The zero-order valence-corrected chi connectivity index (χ0v) is 19.7. The van der Waals surface area contributed by atoms with E-state index in [4.69, 9.17) is 0 Å². The van der Waals surface area contributed by atoms with Gasteiger partial charge in [0.2, 0.25) is 21.8 Å². The van der Waals surface area contributed by atoms with Crippen LogP contribution in [0.5, 0.6) is 0 Å². The second kappa shape index (κ2) is 10.8. The van der Waals surface area contributed by atoms with Crippen LogP contribution in [0.4, 0.5) is 10.1 Å². The third-order valence-corrected chi connectivity index (χ3v) is 7.00. The molecule has 1 atom stereocenters. The summed E-state index contributed by atoms with van der Waals surface area (Å²) in [6.45, 7) is 1.22. The van der Waals surface area contributed by atoms with Crippen molar-refractivity contribution in [1.82, 2.24) is 10.2 Å². The zero-order chi connectivity index (χ0) is 24.0. The summed E-state index contributed by atoms with van der Waals surface area (Å²) in [7, 11) is -3.75. The summed E-state index contributed by atoms with van der Waals surface area (Å²) < 4.78 is 39.3. The number of hydrogen-bond donors (Lipinski definition) is 1. The highest BCUT2D eigenvalue weighted by atomic mass is 32.2. The number of nitrogens with one attached hydrogen (secondary N) is 1. The molecule has 9 heteroatoms. The quantitative estimate of drug-likeness (QED) is 0.604. The average molecular weight is 476 g/mol. The topological polar surface area (TPSA) is 86.8 Å². The SMILES string of the molecule is C[C@H](C(=O)NC1CCCC1)N(Cc1ccc(F)cc1)C(=O)CN(c1ccccc1)S(C)(=O)=O. The Morgan fingerprint density at radius 1 is 1.06 bits per heavy atom. The number of para-hydroxylation sites is 1. The van der Waals surface area contributed by atoms with Crippen molar-refractivity contribution in [2.24, 2.45) is 0 Å². The van der Waals surface area contributed by atoms with Gasteiger partial charge in [0.15, 0.2) is 0 Å². The second-order valence-electron chi connectivity index (χ2n) is 8.42. The van der Waals surface area contributed by atoms with Gasteiger partial charge in [-0.25, -0.2) is 12.8 Å². The summed E-state index contributed by atoms with van der Waals surface area (Å²) in [5, 5.41) is 3.00. The first-order valence-corrected chi connectivity index (χ1v) is 12.9. The molecule has 2 aromatic rings. The van der Waals surface area contributed by atoms with Crippen LogP contribution >= 0.6 is 0 Å². The molecule has 0 saturated heterocycles. The van der Waals surface area contributed by atoms with E-state index >= 15 is 0 Å². The molecule has 178 valence electrons. The molecule has 2 amide bonds. The fourth-order valence-electron chi connectivity index (χ4n) is 3.97. The van der Waals surface area contributed by atoms with Gasteiger partial charge in [-0.2, -0.15) is 0 Å². The molecule has 1 N–H and O–H groups in total. The molecule has 0 unspecified atom stereocenters. The lowest BCUT2D eigenvalue weighted by Crippen LogP contribution is -2.52. The van der Waals surface area contributed by atoms with Gasteiger partial charge >= 0.3 is 0 Å². The summed E-state index contributed by atoms with van der Waals surface area (Å²) in [4.78, 5) is 27.7. The van der Waals surface area contributed by atoms with Crippen molar-refractivity contribution in [1.29, 1.82) is 0 Å². The molecular formula is C24H30FN3O4S. The minimum absolute atomic E-state index is 0.0464. The van der Waals surface area contributed by atoms with E-state index in [-0.39, 0.29) is 18.5 Å². The molecule has 0 bridgehead atoms. The van der Waals surface area contributed by atoms with Gasteiger partial charge in [-0.1, -0.05) is 43.2 Å². The van der Waals surface area contributed by atoms with Crippen molar-refractivity contribution in [2.45, 2.75) is 51.2 Å². The lowest BCUT2D eigenvalue weighted by Gasteiger charge is -2.32. The third-order valence-electron chi connectivity index (χ3n) is 5.86. The molecule has 0 aliphatic heterocycles. The van der Waals surface area contributed by atoms with Gasteiger partial charge in [0.05, 0.1) is 11.9 Å². The Kier molecular flexibility index (Phi) is 8.07. The maximum atomic E-state index is 13.4. The van der Waals surface area contributed by atoms with Crippen LogP contribution in [0.25, 0.3) is 0 Å². The number of sulfonamides is 1. The second-order valence-corrected chi connectivity index (χ2v) is 10.3. The Bertz CT molecular complexity index is 1050. The van der Waals surface area contributed by atoms with Crippen molar-refractivity contribution in [3.8, 4) is 0 Å². The summed E-state index contributed by atoms with van der Waals surface area (Å²) >= 11 is 0. The van der Waals surface area contributed by atoms with Crippen molar-refractivity contribution >= 4 is 27.5 Å². The smallest absolute Gasteiger partial charge is 0.244 e. The van der Waals surface area contributed by atoms with Crippen molar-refractivity contribution in [2.75, 3.05) is 17.1 Å². The molecule has 3 rings (SSSR count). The molecular weight excluding hydrogens is 445 g/mol. The molecule has 33 heavy (non-hydrogen) atoms. The average Bonchev–Trinajstić information content (AvgIpc) is 3.29. The number of anilines is 1. The van der Waals surface area contributed by atoms with E-state index < -0.39 is 34.3 Å². The van der Waals surface area contributed by atoms with Crippen molar-refractivity contribution in [3.05, 3.63) is 66.0 Å². The van der Waals surface area contributed by atoms with Gasteiger partial charge in [-0.15, -0.1) is 0 Å². The molecule has 0 spiro atoms. The Morgan fingerprint density at radius 2 is 1.67 bits per heavy atom. The van der Waals surface area contributed by atoms with Gasteiger partial charge in [-0.05, 0) is 49.6 Å². The van der Waals surface area contributed by atoms with Crippen LogP contribution in [0.1, 0.15) is 38.2 Å². The fourth-order valence-corrected chi connectivity index (χ4v) is 4.82. The number of carbonyl (C=O) groups excluding carboxylic acids is 2. The normalized spacial score (nSPS) is 15.1. The van der Waals surface area contributed by atoms with E-state index in [1.54, 1.807) is 49.4 Å². The van der Waals surface area contributed by atoms with Crippen molar-refractivity contribution < 1.29 is 22.4 Å². The molecule has 1 saturated carbocycles. The predicted molar refractivity (Wildman–Crippen MR) is 125 cm³/mol. The summed E-state index contributed by atoms with van der Waals surface area (Å²) in [6.07, 6.45) is 4.95. The highest BCUT2D eigenvalue weighted by Crippen LogP contribution is 2.20. The van der Waals surface area contributed by atoms with E-state index in [1.807, 2.05) is 0 Å². The maximum absolute atomic E-state index is 13.4. The van der Waals surface area contributed by atoms with E-state index in [0.717, 1.165) is 36.2 Å². The lowest BCUT2D eigenvalue weighted by molar-refractivity contribution is -0.139. The molecule has 2 aromatic carbocycles. The molecule has 1 aliphatic rings. The van der Waals surface area contributed by atoms with Crippen LogP contribution in [0, 0.1) is 5.82 Å². The number of benzene rings is 2. The van der Waals surface area contributed by atoms with Gasteiger partial charge in [0.25, 0.3) is 0 Å². The van der Waals surface area contributed by atoms with E-state index in [1.165, 1.54) is 17.0 Å². The number of halogens is 1. The summed E-state index contributed by atoms with van der Waals surface area (Å²) in [5.74, 6) is -1.22. The Labute approximate surface area is 194 Å². The van der Waals surface area contributed by atoms with Gasteiger partial charge in [-0.3, -0.25) is 13.9 Å². The van der Waals surface area contributed by atoms with Crippen LogP contribution in [0.15, 0.2) is 54.6 Å². The maximum Gasteiger partial charge on any atom is 0.244 e. The number of amides is 2. The predicted octanol–water partition coefficient (Wildman–Crippen LogP) is 3.07. The van der Waals surface area contributed by atoms with E-state index in [9.17, 15) is 22.4 Å². The monoisotopic (exact) mass is 475 g/mol. The molecule has 1 aliphatic carbocycles. The Hall–Kier alpha value is -2.94. The van der Waals surface area contributed by atoms with Crippen LogP contribution < -0.4 is 9.62 Å². The van der Waals surface area contributed by atoms with Gasteiger partial charge in [0.1, 0.15) is 18.4 Å². The molecule has 7 nitrogen and oxygen atoms in total. The molecule has 0 heterocycles. The van der Waals surface area contributed by atoms with Crippen LogP contribution in [0.2, 0.25) is 0 Å². The minimum Gasteiger partial charge on any atom is -0.352 e. The number of carbonyl (C=O) groups is 2. The first-order valence-electron chi connectivity index (χ1n) is 11.0. The Balaban J connectivity index is 1.85. The largest absolute Gasteiger partial charge is 0.352 e. The molecule has 1 fully saturated rings. The highest BCUT2D eigenvalue weighted by Gasteiger charge is 2.31. The summed E-state index contributed by atoms with van der Waals surface area (Å²) in [6, 6.07) is 13.2. The summed E-state index contributed by atoms with van der Waals surface area (Å²) in [5.41, 5.74) is 0.994. The Morgan fingerprint density at radius 3 is 2.24 bits per heavy atom. The molecule has 0 radical (unpaired) electrons. The van der Waals surface area contributed by atoms with E-state index in [0.29, 0.717) is 11.3 Å². The first kappa shape index (κ1) is 24.7. The lowest BCUT2D eigenvalue weighted by atomic mass is 10.1. The molecule has 0 aromatic heterocycles. The minimum atomic E-state index is -3.75. The van der Waals surface area contributed by atoms with E-state index in [2.05, 4.69) is 5.32 Å². The standard InChI is InChI=1S/C24H30FN3O4S/c1-18(24(30)26-21-8-6-7-9-21)27(16-19-12-14-20(25)15-13-19)23(29)17-28(33(2,31)32)22-10-4-3-5-11-22/h3-5,10-15,18,21H,6-9,16-17H2,1-2H3,(H,26,30)/t18-/m1/s1. The van der Waals surface area contributed by atoms with Crippen LogP contribution in [0.3, 0.4) is 0 Å².